The SMILES string of the molecule is OCCc1ccc(N(c2ccc(-c3ccc(-c4ccc(N(c5ccc(CCO)cc5)c5cccc6ccccc56)cc4)cc3)cc2)c2cccc3ccccc23)cc1. The summed E-state index contributed by atoms with van der Waals surface area (Å²) in [5.41, 5.74) is 13.4. The molecule has 0 heterocycles. The first kappa shape index (κ1) is 36.6. The Morgan fingerprint density at radius 2 is 0.586 bits per heavy atom. The fraction of sp³-hybridized carbons (Fsp3) is 0.0741. The Labute approximate surface area is 340 Å². The van der Waals surface area contributed by atoms with E-state index in [1.807, 2.05) is 0 Å². The Kier molecular flexibility index (Phi) is 10.5. The Morgan fingerprint density at radius 1 is 0.293 bits per heavy atom. The highest BCUT2D eigenvalue weighted by Gasteiger charge is 2.17. The van der Waals surface area contributed by atoms with Gasteiger partial charge in [-0.25, -0.2) is 0 Å². The van der Waals surface area contributed by atoms with E-state index < -0.39 is 0 Å². The molecule has 0 spiro atoms. The zero-order valence-electron chi connectivity index (χ0n) is 32.2. The molecule has 0 bridgehead atoms. The lowest BCUT2D eigenvalue weighted by atomic mass is 9.99. The number of fused-ring (bicyclic) bond motifs is 2. The molecule has 0 fully saturated rings. The Morgan fingerprint density at radius 3 is 0.931 bits per heavy atom. The Bertz CT molecular complexity index is 2570. The smallest absolute Gasteiger partial charge is 0.0540 e. The second-order valence-corrected chi connectivity index (χ2v) is 14.6. The van der Waals surface area contributed by atoms with E-state index in [4.69, 9.17) is 0 Å². The highest BCUT2D eigenvalue weighted by Crippen LogP contribution is 2.41. The van der Waals surface area contributed by atoms with Gasteiger partial charge in [0.2, 0.25) is 0 Å². The fourth-order valence-electron chi connectivity index (χ4n) is 8.00. The standard InChI is InChI=1S/C54H44N2O2/c57-37-35-39-15-27-47(28-16-39)55(53-13-5-9-45-7-1-3-11-51(45)53)49-31-23-43(24-32-49)41-19-21-42(22-20-41)44-25-33-50(34-26-44)56(48-29-17-40(18-30-48)36-38-58)54-14-6-10-46-8-2-4-12-52(46)54/h1-34,57-58H,35-38H2. The average Bonchev–Trinajstić information content (AvgIpc) is 3.29. The fourth-order valence-corrected chi connectivity index (χ4v) is 8.00. The monoisotopic (exact) mass is 752 g/mol. The van der Waals surface area contributed by atoms with Crippen molar-refractivity contribution in [1.82, 2.24) is 0 Å². The van der Waals surface area contributed by atoms with Crippen LogP contribution in [0.1, 0.15) is 11.1 Å². The molecule has 0 saturated carbocycles. The van der Waals surface area contributed by atoms with E-state index in [1.165, 1.54) is 21.5 Å². The molecule has 9 rings (SSSR count). The molecule has 0 atom stereocenters. The maximum absolute atomic E-state index is 9.49. The molecule has 0 aromatic heterocycles. The molecular weight excluding hydrogens is 709 g/mol. The molecule has 0 aliphatic carbocycles. The summed E-state index contributed by atoms with van der Waals surface area (Å²) in [5, 5.41) is 23.7. The van der Waals surface area contributed by atoms with Crippen molar-refractivity contribution in [2.45, 2.75) is 12.8 Å². The van der Waals surface area contributed by atoms with Crippen molar-refractivity contribution < 1.29 is 10.2 Å². The second kappa shape index (κ2) is 16.6. The molecule has 9 aromatic carbocycles. The maximum atomic E-state index is 9.49. The molecule has 58 heavy (non-hydrogen) atoms. The summed E-state index contributed by atoms with van der Waals surface area (Å²) in [6.45, 7) is 0.269. The number of nitrogens with zero attached hydrogens (tertiary/aromatic N) is 2. The molecule has 2 N–H and O–H groups in total. The third-order valence-corrected chi connectivity index (χ3v) is 11.0. The van der Waals surface area contributed by atoms with Crippen molar-refractivity contribution in [3.63, 3.8) is 0 Å². The molecule has 0 radical (unpaired) electrons. The Balaban J connectivity index is 0.997. The first-order valence-electron chi connectivity index (χ1n) is 19.9. The van der Waals surface area contributed by atoms with Crippen LogP contribution in [0.2, 0.25) is 0 Å². The third kappa shape index (κ3) is 7.47. The van der Waals surface area contributed by atoms with Crippen molar-refractivity contribution in [3.05, 3.63) is 217 Å². The van der Waals surface area contributed by atoms with Gasteiger partial charge in [0.05, 0.1) is 11.4 Å². The van der Waals surface area contributed by atoms with E-state index in [2.05, 4.69) is 216 Å². The average molecular weight is 753 g/mol. The molecule has 4 nitrogen and oxygen atoms in total. The van der Waals surface area contributed by atoms with Gasteiger partial charge < -0.3 is 20.0 Å². The summed E-state index contributed by atoms with van der Waals surface area (Å²) in [6, 6.07) is 73.4. The zero-order chi connectivity index (χ0) is 39.3. The number of hydrogen-bond acceptors (Lipinski definition) is 4. The number of benzene rings is 9. The number of aliphatic hydroxyl groups is 2. The summed E-state index contributed by atoms with van der Waals surface area (Å²) in [6.07, 6.45) is 1.28. The van der Waals surface area contributed by atoms with Crippen LogP contribution in [-0.2, 0) is 12.8 Å². The van der Waals surface area contributed by atoms with Crippen molar-refractivity contribution in [1.29, 1.82) is 0 Å². The number of aliphatic hydroxyl groups excluding tert-OH is 2. The summed E-state index contributed by atoms with van der Waals surface area (Å²) >= 11 is 0. The van der Waals surface area contributed by atoms with Gasteiger partial charge >= 0.3 is 0 Å². The minimum absolute atomic E-state index is 0.134. The molecule has 0 aliphatic heterocycles. The van der Waals surface area contributed by atoms with Crippen molar-refractivity contribution >= 4 is 55.7 Å². The van der Waals surface area contributed by atoms with E-state index >= 15 is 0 Å². The Hall–Kier alpha value is -6.98. The van der Waals surface area contributed by atoms with Gasteiger partial charge in [0.15, 0.2) is 0 Å². The lowest BCUT2D eigenvalue weighted by Crippen LogP contribution is -2.10. The maximum Gasteiger partial charge on any atom is 0.0540 e. The molecular formula is C54H44N2O2. The van der Waals surface area contributed by atoms with Crippen LogP contribution < -0.4 is 9.80 Å². The van der Waals surface area contributed by atoms with Crippen LogP contribution in [-0.4, -0.2) is 23.4 Å². The predicted molar refractivity (Wildman–Crippen MR) is 243 cm³/mol. The number of anilines is 6. The topological polar surface area (TPSA) is 46.9 Å². The minimum atomic E-state index is 0.134. The van der Waals surface area contributed by atoms with Gasteiger partial charge in [-0.1, -0.05) is 146 Å². The van der Waals surface area contributed by atoms with Gasteiger partial charge in [0, 0.05) is 46.7 Å². The predicted octanol–water partition coefficient (Wildman–Crippen LogP) is 13.3. The minimum Gasteiger partial charge on any atom is -0.396 e. The lowest BCUT2D eigenvalue weighted by Gasteiger charge is -2.27. The summed E-state index contributed by atoms with van der Waals surface area (Å²) < 4.78 is 0. The summed E-state index contributed by atoms with van der Waals surface area (Å²) in [7, 11) is 0. The van der Waals surface area contributed by atoms with E-state index in [9.17, 15) is 10.2 Å². The second-order valence-electron chi connectivity index (χ2n) is 14.6. The molecule has 4 heteroatoms. The van der Waals surface area contributed by atoms with Crippen LogP contribution in [0, 0.1) is 0 Å². The van der Waals surface area contributed by atoms with Gasteiger partial charge in [-0.05, 0) is 118 Å². The van der Waals surface area contributed by atoms with E-state index in [0.29, 0.717) is 12.8 Å². The van der Waals surface area contributed by atoms with Crippen LogP contribution in [0.4, 0.5) is 34.1 Å². The first-order chi connectivity index (χ1) is 28.7. The largest absolute Gasteiger partial charge is 0.396 e. The highest BCUT2D eigenvalue weighted by molar-refractivity contribution is 6.00. The van der Waals surface area contributed by atoms with Gasteiger partial charge in [-0.3, -0.25) is 0 Å². The van der Waals surface area contributed by atoms with Gasteiger partial charge in [-0.2, -0.15) is 0 Å². The van der Waals surface area contributed by atoms with Crippen LogP contribution in [0.25, 0.3) is 43.8 Å². The van der Waals surface area contributed by atoms with Crippen LogP contribution in [0.5, 0.6) is 0 Å². The molecule has 0 aliphatic rings. The van der Waals surface area contributed by atoms with E-state index in [1.54, 1.807) is 0 Å². The number of hydrogen-bond donors (Lipinski definition) is 2. The van der Waals surface area contributed by atoms with Crippen LogP contribution in [0.3, 0.4) is 0 Å². The van der Waals surface area contributed by atoms with Crippen molar-refractivity contribution in [2.75, 3.05) is 23.0 Å². The van der Waals surface area contributed by atoms with Gasteiger partial charge in [0.1, 0.15) is 0 Å². The zero-order valence-corrected chi connectivity index (χ0v) is 32.2. The molecule has 0 saturated heterocycles. The third-order valence-electron chi connectivity index (χ3n) is 11.0. The van der Waals surface area contributed by atoms with Crippen LogP contribution >= 0.6 is 0 Å². The van der Waals surface area contributed by atoms with Gasteiger partial charge in [0.25, 0.3) is 0 Å². The van der Waals surface area contributed by atoms with Crippen molar-refractivity contribution in [2.24, 2.45) is 0 Å². The van der Waals surface area contributed by atoms with E-state index in [0.717, 1.165) is 67.5 Å². The first-order valence-corrected chi connectivity index (χ1v) is 19.9. The summed E-state index contributed by atoms with van der Waals surface area (Å²) in [5.74, 6) is 0. The van der Waals surface area contributed by atoms with Gasteiger partial charge in [-0.15, -0.1) is 0 Å². The van der Waals surface area contributed by atoms with Crippen molar-refractivity contribution in [3.8, 4) is 22.3 Å². The quantitative estimate of drug-likeness (QED) is 0.130. The normalized spacial score (nSPS) is 11.2. The van der Waals surface area contributed by atoms with Crippen LogP contribution in [0.15, 0.2) is 206 Å². The summed E-state index contributed by atoms with van der Waals surface area (Å²) in [4.78, 5) is 4.63. The van der Waals surface area contributed by atoms with E-state index in [-0.39, 0.29) is 13.2 Å². The lowest BCUT2D eigenvalue weighted by molar-refractivity contribution is 0.299. The molecule has 9 aromatic rings. The molecule has 0 amide bonds. The highest BCUT2D eigenvalue weighted by atomic mass is 16.3. The molecule has 282 valence electrons. The number of rotatable bonds is 12. The molecule has 0 unspecified atom stereocenters.